The lowest BCUT2D eigenvalue weighted by Crippen LogP contribution is -2.40. The fourth-order valence-corrected chi connectivity index (χ4v) is 3.24. The molecular weight excluding hydrogens is 234 g/mol. The highest BCUT2D eigenvalue weighted by molar-refractivity contribution is 5.26. The number of benzene rings is 1. The molecule has 1 aliphatic carbocycles. The number of aromatic hydroxyl groups is 1. The summed E-state index contributed by atoms with van der Waals surface area (Å²) < 4.78 is 0. The van der Waals surface area contributed by atoms with Crippen molar-refractivity contribution in [2.45, 2.75) is 52.5 Å². The van der Waals surface area contributed by atoms with E-state index in [-0.39, 0.29) is 0 Å². The van der Waals surface area contributed by atoms with E-state index in [9.17, 15) is 5.11 Å². The van der Waals surface area contributed by atoms with Crippen molar-refractivity contribution >= 4 is 0 Å². The molecule has 1 fully saturated rings. The molecule has 2 rings (SSSR count). The molecule has 1 aromatic rings. The molecule has 0 saturated heterocycles. The lowest BCUT2D eigenvalue weighted by Gasteiger charge is -2.40. The molecule has 0 radical (unpaired) electrons. The van der Waals surface area contributed by atoms with Gasteiger partial charge in [0.25, 0.3) is 0 Å². The van der Waals surface area contributed by atoms with Gasteiger partial charge in [-0.1, -0.05) is 32.9 Å². The van der Waals surface area contributed by atoms with Gasteiger partial charge in [0.1, 0.15) is 5.75 Å². The SMILES string of the molecule is CC(C)(C)C1CCC(N)C(Cc2ccc(O)cc2)C1. The number of phenolic OH excluding ortho intramolecular Hbond substituents is 1. The van der Waals surface area contributed by atoms with E-state index < -0.39 is 0 Å². The van der Waals surface area contributed by atoms with Crippen molar-refractivity contribution in [2.75, 3.05) is 0 Å². The lowest BCUT2D eigenvalue weighted by molar-refractivity contribution is 0.127. The van der Waals surface area contributed by atoms with Crippen molar-refractivity contribution in [1.82, 2.24) is 0 Å². The summed E-state index contributed by atoms with van der Waals surface area (Å²) >= 11 is 0. The first kappa shape index (κ1) is 14.4. The molecule has 0 bridgehead atoms. The first-order valence-corrected chi connectivity index (χ1v) is 7.40. The average molecular weight is 261 g/mol. The molecule has 1 aliphatic rings. The van der Waals surface area contributed by atoms with Crippen LogP contribution < -0.4 is 5.73 Å². The van der Waals surface area contributed by atoms with E-state index in [0.717, 1.165) is 18.8 Å². The first-order valence-electron chi connectivity index (χ1n) is 7.40. The summed E-state index contributed by atoms with van der Waals surface area (Å²) in [4.78, 5) is 0. The molecule has 0 spiro atoms. The maximum atomic E-state index is 9.34. The summed E-state index contributed by atoms with van der Waals surface area (Å²) in [5, 5.41) is 9.34. The Morgan fingerprint density at radius 3 is 2.37 bits per heavy atom. The number of rotatable bonds is 2. The predicted octanol–water partition coefficient (Wildman–Crippen LogP) is 3.72. The van der Waals surface area contributed by atoms with Gasteiger partial charge in [-0.3, -0.25) is 0 Å². The first-order chi connectivity index (χ1) is 8.86. The van der Waals surface area contributed by atoms with Gasteiger partial charge >= 0.3 is 0 Å². The van der Waals surface area contributed by atoms with Crippen LogP contribution in [0, 0.1) is 17.3 Å². The Balaban J connectivity index is 2.03. The van der Waals surface area contributed by atoms with Gasteiger partial charge in [0.15, 0.2) is 0 Å². The van der Waals surface area contributed by atoms with Crippen molar-refractivity contribution in [1.29, 1.82) is 0 Å². The van der Waals surface area contributed by atoms with Gasteiger partial charge < -0.3 is 10.8 Å². The summed E-state index contributed by atoms with van der Waals surface area (Å²) in [5.41, 5.74) is 7.98. The van der Waals surface area contributed by atoms with Crippen LogP contribution in [0.25, 0.3) is 0 Å². The molecule has 2 heteroatoms. The minimum atomic E-state index is 0.326. The minimum Gasteiger partial charge on any atom is -0.508 e. The molecule has 1 aromatic carbocycles. The Hall–Kier alpha value is -1.02. The van der Waals surface area contributed by atoms with Crippen molar-refractivity contribution in [3.8, 4) is 5.75 Å². The Morgan fingerprint density at radius 1 is 1.16 bits per heavy atom. The third-order valence-corrected chi connectivity index (χ3v) is 4.70. The normalized spacial score (nSPS) is 28.3. The number of phenols is 1. The van der Waals surface area contributed by atoms with Gasteiger partial charge in [-0.2, -0.15) is 0 Å². The summed E-state index contributed by atoms with van der Waals surface area (Å²) in [5.74, 6) is 1.68. The van der Waals surface area contributed by atoms with Crippen molar-refractivity contribution < 1.29 is 5.11 Å². The fraction of sp³-hybridized carbons (Fsp3) is 0.647. The van der Waals surface area contributed by atoms with E-state index >= 15 is 0 Å². The third kappa shape index (κ3) is 3.73. The minimum absolute atomic E-state index is 0.326. The van der Waals surface area contributed by atoms with Crippen LogP contribution in [0.5, 0.6) is 5.75 Å². The fourth-order valence-electron chi connectivity index (χ4n) is 3.24. The summed E-state index contributed by atoms with van der Waals surface area (Å²) in [6.45, 7) is 7.02. The van der Waals surface area contributed by atoms with E-state index in [2.05, 4.69) is 20.8 Å². The van der Waals surface area contributed by atoms with E-state index in [4.69, 9.17) is 5.73 Å². The van der Waals surface area contributed by atoms with Crippen LogP contribution in [0.15, 0.2) is 24.3 Å². The van der Waals surface area contributed by atoms with Gasteiger partial charge in [-0.05, 0) is 60.6 Å². The highest BCUT2D eigenvalue weighted by atomic mass is 16.3. The summed E-state index contributed by atoms with van der Waals surface area (Å²) in [6.07, 6.45) is 4.67. The van der Waals surface area contributed by atoms with E-state index in [1.54, 1.807) is 12.1 Å². The van der Waals surface area contributed by atoms with Crippen molar-refractivity contribution in [3.63, 3.8) is 0 Å². The van der Waals surface area contributed by atoms with Crippen LogP contribution in [0.1, 0.15) is 45.6 Å². The lowest BCUT2D eigenvalue weighted by atomic mass is 9.66. The molecule has 1 saturated carbocycles. The molecule has 3 unspecified atom stereocenters. The zero-order valence-electron chi connectivity index (χ0n) is 12.4. The number of nitrogens with two attached hydrogens (primary N) is 1. The highest BCUT2D eigenvalue weighted by Crippen LogP contribution is 2.40. The monoisotopic (exact) mass is 261 g/mol. The van der Waals surface area contributed by atoms with Crippen LogP contribution in [-0.4, -0.2) is 11.1 Å². The molecule has 0 aromatic heterocycles. The smallest absolute Gasteiger partial charge is 0.115 e. The molecule has 3 atom stereocenters. The molecule has 0 aliphatic heterocycles. The Morgan fingerprint density at radius 2 is 1.79 bits per heavy atom. The molecular formula is C17H27NO. The van der Waals surface area contributed by atoms with Gasteiger partial charge in [0, 0.05) is 6.04 Å². The molecule has 106 valence electrons. The third-order valence-electron chi connectivity index (χ3n) is 4.70. The molecule has 2 nitrogen and oxygen atoms in total. The maximum absolute atomic E-state index is 9.34. The molecule has 3 N–H and O–H groups in total. The van der Waals surface area contributed by atoms with Crippen molar-refractivity contribution in [2.24, 2.45) is 23.0 Å². The van der Waals surface area contributed by atoms with Crippen LogP contribution in [0.3, 0.4) is 0 Å². The van der Waals surface area contributed by atoms with E-state index in [0.29, 0.717) is 23.1 Å². The largest absolute Gasteiger partial charge is 0.508 e. The summed E-state index contributed by atoms with van der Waals surface area (Å²) in [7, 11) is 0. The number of hydrogen-bond acceptors (Lipinski definition) is 2. The van der Waals surface area contributed by atoms with Gasteiger partial charge in [0.2, 0.25) is 0 Å². The van der Waals surface area contributed by atoms with Crippen LogP contribution in [0.2, 0.25) is 0 Å². The van der Waals surface area contributed by atoms with E-state index in [1.807, 2.05) is 12.1 Å². The summed E-state index contributed by atoms with van der Waals surface area (Å²) in [6, 6.07) is 7.90. The molecule has 0 amide bonds. The predicted molar refractivity (Wildman–Crippen MR) is 80.1 cm³/mol. The Kier molecular flexibility index (Phi) is 4.19. The second kappa shape index (κ2) is 5.54. The second-order valence-electron chi connectivity index (χ2n) is 7.17. The van der Waals surface area contributed by atoms with Crippen LogP contribution in [0.4, 0.5) is 0 Å². The van der Waals surface area contributed by atoms with Crippen LogP contribution in [-0.2, 0) is 6.42 Å². The molecule has 19 heavy (non-hydrogen) atoms. The topological polar surface area (TPSA) is 46.2 Å². The van der Waals surface area contributed by atoms with Gasteiger partial charge in [-0.25, -0.2) is 0 Å². The average Bonchev–Trinajstić information content (AvgIpc) is 2.33. The van der Waals surface area contributed by atoms with Gasteiger partial charge in [0.05, 0.1) is 0 Å². The second-order valence-corrected chi connectivity index (χ2v) is 7.17. The van der Waals surface area contributed by atoms with Crippen LogP contribution >= 0.6 is 0 Å². The highest BCUT2D eigenvalue weighted by Gasteiger charge is 2.34. The van der Waals surface area contributed by atoms with Crippen molar-refractivity contribution in [3.05, 3.63) is 29.8 Å². The Labute approximate surface area is 117 Å². The quantitative estimate of drug-likeness (QED) is 0.852. The van der Waals surface area contributed by atoms with Gasteiger partial charge in [-0.15, -0.1) is 0 Å². The zero-order chi connectivity index (χ0) is 14.0. The maximum Gasteiger partial charge on any atom is 0.115 e. The van der Waals surface area contributed by atoms with E-state index in [1.165, 1.54) is 18.4 Å². The zero-order valence-corrected chi connectivity index (χ0v) is 12.4. The Bertz CT molecular complexity index is 404. The number of hydrogen-bond donors (Lipinski definition) is 2. The standard InChI is InChI=1S/C17H27NO/c1-17(2,3)14-6-9-16(18)13(11-14)10-12-4-7-15(19)8-5-12/h4-5,7-8,13-14,16,19H,6,9-11,18H2,1-3H3. The molecule has 0 heterocycles.